The van der Waals surface area contributed by atoms with Gasteiger partial charge in [0.2, 0.25) is 0 Å². The van der Waals surface area contributed by atoms with E-state index >= 15 is 4.39 Å². The average molecular weight is 551 g/mol. The molecule has 196 valence electrons. The monoisotopic (exact) mass is 550 g/mol. The Morgan fingerprint density at radius 2 is 1.90 bits per heavy atom. The van der Waals surface area contributed by atoms with E-state index in [1.807, 2.05) is 0 Å². The van der Waals surface area contributed by atoms with E-state index in [0.717, 1.165) is 11.3 Å². The van der Waals surface area contributed by atoms with E-state index in [4.69, 9.17) is 0 Å². The first-order valence-electron chi connectivity index (χ1n) is 12.0. The first-order valence-corrected chi connectivity index (χ1v) is 12.8. The van der Waals surface area contributed by atoms with Gasteiger partial charge in [-0.15, -0.1) is 11.3 Å². The molecular weight excluding hydrogens is 532 g/mol. The molecule has 0 aliphatic carbocycles. The van der Waals surface area contributed by atoms with Crippen molar-refractivity contribution >= 4 is 33.3 Å². The van der Waals surface area contributed by atoms with E-state index in [1.165, 1.54) is 18.5 Å². The maximum absolute atomic E-state index is 16.0. The number of H-pyrrole nitrogens is 2. The lowest BCUT2D eigenvalue weighted by molar-refractivity contribution is 0.0115. The van der Waals surface area contributed by atoms with Gasteiger partial charge in [-0.05, 0) is 29.8 Å². The summed E-state index contributed by atoms with van der Waals surface area (Å²) in [5.41, 5.74) is 3.41. The molecule has 0 unspecified atom stereocenters. The highest BCUT2D eigenvalue weighted by Crippen LogP contribution is 2.35. The van der Waals surface area contributed by atoms with Crippen molar-refractivity contribution in [2.24, 2.45) is 0 Å². The number of aromatic nitrogens is 7. The van der Waals surface area contributed by atoms with Gasteiger partial charge in [-0.25, -0.2) is 18.2 Å². The summed E-state index contributed by atoms with van der Waals surface area (Å²) in [6, 6.07) is 6.43. The van der Waals surface area contributed by atoms with Gasteiger partial charge in [0.15, 0.2) is 16.8 Å². The van der Waals surface area contributed by atoms with Gasteiger partial charge in [-0.1, -0.05) is 0 Å². The molecule has 1 saturated heterocycles. The van der Waals surface area contributed by atoms with Crippen molar-refractivity contribution in [3.8, 4) is 33.3 Å². The fraction of sp³-hybridized carbons (Fsp3) is 0.192. The van der Waals surface area contributed by atoms with Crippen LogP contribution in [-0.2, 0) is 6.54 Å². The van der Waals surface area contributed by atoms with Crippen molar-refractivity contribution in [2.45, 2.75) is 18.9 Å². The SMILES string of the molecule is Fc1ccc(-c2nccc3[nH]c(-c4n[nH]c5cnc(-c6cncc(CN7CCC(F)(F)C7)c6)c(F)c45)nc23)s1. The Bertz CT molecular complexity index is 1860. The lowest BCUT2D eigenvalue weighted by Crippen LogP contribution is -2.24. The van der Waals surface area contributed by atoms with Crippen LogP contribution < -0.4 is 0 Å². The van der Waals surface area contributed by atoms with Crippen molar-refractivity contribution in [1.29, 1.82) is 0 Å². The Hall–Kier alpha value is -4.23. The minimum Gasteiger partial charge on any atom is -0.336 e. The molecule has 0 bridgehead atoms. The second kappa shape index (κ2) is 8.92. The number of rotatable bonds is 5. The quantitative estimate of drug-likeness (QED) is 0.263. The molecule has 0 aromatic carbocycles. The van der Waals surface area contributed by atoms with E-state index in [-0.39, 0.29) is 48.0 Å². The summed E-state index contributed by atoms with van der Waals surface area (Å²) in [6.45, 7) is 0.245. The van der Waals surface area contributed by atoms with Gasteiger partial charge in [-0.3, -0.25) is 25.0 Å². The average Bonchev–Trinajstić information content (AvgIpc) is 3.70. The van der Waals surface area contributed by atoms with Crippen LogP contribution in [-0.4, -0.2) is 59.0 Å². The second-order valence-corrected chi connectivity index (χ2v) is 10.5. The molecule has 0 saturated carbocycles. The van der Waals surface area contributed by atoms with E-state index in [1.54, 1.807) is 35.5 Å². The third kappa shape index (κ3) is 4.23. The zero-order valence-corrected chi connectivity index (χ0v) is 20.9. The first kappa shape index (κ1) is 23.9. The number of aromatic amines is 2. The van der Waals surface area contributed by atoms with Crippen molar-refractivity contribution in [1.82, 2.24) is 40.0 Å². The normalized spacial score (nSPS) is 15.6. The maximum atomic E-state index is 16.0. The Morgan fingerprint density at radius 1 is 1.00 bits per heavy atom. The van der Waals surface area contributed by atoms with Crippen LogP contribution in [0.5, 0.6) is 0 Å². The standard InChI is InChI=1S/C26H18F4N8S/c27-18-2-1-17(39-18)23-22-15(3-5-32-23)34-25(35-22)24-19-16(36-37-24)10-33-21(20(19)28)14-7-13(8-31-9-14)11-38-6-4-26(29,30)12-38/h1-3,5,7-10H,4,6,11-12H2,(H,34,35)(H,36,37). The number of imidazole rings is 1. The molecular formula is C26H18F4N8S. The predicted octanol–water partition coefficient (Wildman–Crippen LogP) is 5.81. The number of halogens is 4. The van der Waals surface area contributed by atoms with Crippen LogP contribution in [0.3, 0.4) is 0 Å². The molecule has 39 heavy (non-hydrogen) atoms. The number of pyridine rings is 3. The summed E-state index contributed by atoms with van der Waals surface area (Å²) in [5, 5.41) is 6.94. The Balaban J connectivity index is 1.28. The number of nitrogens with one attached hydrogen (secondary N) is 2. The van der Waals surface area contributed by atoms with Crippen LogP contribution in [0.15, 0.2) is 49.1 Å². The van der Waals surface area contributed by atoms with Crippen LogP contribution in [0.2, 0.25) is 0 Å². The molecule has 0 atom stereocenters. The molecule has 8 nitrogen and oxygen atoms in total. The number of fused-ring (bicyclic) bond motifs is 2. The van der Waals surface area contributed by atoms with Crippen LogP contribution in [0.4, 0.5) is 17.6 Å². The smallest absolute Gasteiger partial charge is 0.261 e. The summed E-state index contributed by atoms with van der Waals surface area (Å²) < 4.78 is 56.9. The van der Waals surface area contributed by atoms with Crippen molar-refractivity contribution in [3.63, 3.8) is 0 Å². The Kier molecular flexibility index (Phi) is 5.45. The minimum absolute atomic E-state index is 0.0544. The van der Waals surface area contributed by atoms with E-state index in [2.05, 4.69) is 35.1 Å². The van der Waals surface area contributed by atoms with Crippen LogP contribution in [0, 0.1) is 10.9 Å². The summed E-state index contributed by atoms with van der Waals surface area (Å²) in [7, 11) is 0. The van der Waals surface area contributed by atoms with Gasteiger partial charge in [0.25, 0.3) is 5.92 Å². The number of hydrogen-bond donors (Lipinski definition) is 2. The zero-order valence-electron chi connectivity index (χ0n) is 20.1. The highest BCUT2D eigenvalue weighted by atomic mass is 32.1. The van der Waals surface area contributed by atoms with E-state index in [0.29, 0.717) is 44.1 Å². The lowest BCUT2D eigenvalue weighted by Gasteiger charge is -2.15. The van der Waals surface area contributed by atoms with Crippen molar-refractivity contribution < 1.29 is 17.6 Å². The molecule has 7 heterocycles. The topological polar surface area (TPSA) is 99.3 Å². The Morgan fingerprint density at radius 3 is 2.69 bits per heavy atom. The molecule has 0 spiro atoms. The van der Waals surface area contributed by atoms with Crippen molar-refractivity contribution in [2.75, 3.05) is 13.1 Å². The van der Waals surface area contributed by atoms with Gasteiger partial charge >= 0.3 is 0 Å². The summed E-state index contributed by atoms with van der Waals surface area (Å²) >= 11 is 0.959. The molecule has 1 fully saturated rings. The number of hydrogen-bond acceptors (Lipinski definition) is 7. The van der Waals surface area contributed by atoms with Crippen LogP contribution in [0.1, 0.15) is 12.0 Å². The predicted molar refractivity (Wildman–Crippen MR) is 138 cm³/mol. The molecule has 0 radical (unpaired) electrons. The summed E-state index contributed by atoms with van der Waals surface area (Å²) in [4.78, 5) is 22.9. The third-order valence-electron chi connectivity index (χ3n) is 6.70. The molecule has 6 aromatic rings. The number of alkyl halides is 2. The lowest BCUT2D eigenvalue weighted by atomic mass is 10.1. The van der Waals surface area contributed by atoms with E-state index < -0.39 is 11.7 Å². The highest BCUT2D eigenvalue weighted by molar-refractivity contribution is 7.13. The highest BCUT2D eigenvalue weighted by Gasteiger charge is 2.38. The second-order valence-electron chi connectivity index (χ2n) is 9.43. The molecule has 6 aromatic heterocycles. The fourth-order valence-corrected chi connectivity index (χ4v) is 5.65. The summed E-state index contributed by atoms with van der Waals surface area (Å²) in [6.07, 6.45) is 5.95. The van der Waals surface area contributed by atoms with Gasteiger partial charge in [-0.2, -0.15) is 9.49 Å². The molecule has 7 rings (SSSR count). The van der Waals surface area contributed by atoms with Gasteiger partial charge < -0.3 is 4.98 Å². The zero-order chi connectivity index (χ0) is 26.7. The first-order chi connectivity index (χ1) is 18.8. The third-order valence-corrected chi connectivity index (χ3v) is 7.58. The van der Waals surface area contributed by atoms with Crippen molar-refractivity contribution in [3.05, 3.63) is 65.6 Å². The summed E-state index contributed by atoms with van der Waals surface area (Å²) in [5.74, 6) is -3.02. The largest absolute Gasteiger partial charge is 0.336 e. The number of thiophene rings is 1. The molecule has 1 aliphatic rings. The molecule has 0 amide bonds. The van der Waals surface area contributed by atoms with Crippen LogP contribution >= 0.6 is 11.3 Å². The van der Waals surface area contributed by atoms with Gasteiger partial charge in [0.1, 0.15) is 22.6 Å². The number of nitrogens with zero attached hydrogens (tertiary/aromatic N) is 6. The molecule has 2 N–H and O–H groups in total. The fourth-order valence-electron chi connectivity index (χ4n) is 4.92. The number of likely N-dealkylation sites (tertiary alicyclic amines) is 1. The molecule has 1 aliphatic heterocycles. The van der Waals surface area contributed by atoms with Gasteiger partial charge in [0.05, 0.1) is 34.0 Å². The minimum atomic E-state index is -2.70. The maximum Gasteiger partial charge on any atom is 0.261 e. The van der Waals surface area contributed by atoms with E-state index in [9.17, 15) is 13.2 Å². The molecule has 13 heteroatoms. The van der Waals surface area contributed by atoms with Crippen LogP contribution in [0.25, 0.3) is 55.3 Å². The van der Waals surface area contributed by atoms with Gasteiger partial charge in [0, 0.05) is 43.7 Å². The Labute approximate surface area is 221 Å².